The number of allylic oxidation sites excluding steroid dienone is 6. The maximum absolute atomic E-state index is 13.6. The Morgan fingerprint density at radius 2 is 0.934 bits per heavy atom. The predicted molar refractivity (Wildman–Crippen MR) is 463 cm³/mol. The van der Waals surface area contributed by atoms with Crippen molar-refractivity contribution in [2.75, 3.05) is 74.8 Å². The van der Waals surface area contributed by atoms with Gasteiger partial charge in [0.25, 0.3) is 16.7 Å². The standard InChI is InChI=1S/C31H31N7O3.C30H29N7O3.C30H31N7O3/c1-35-18-20-15-21(6-8-24(20)31(19-35)10-11-31)33-30-32-17-23-28(34-30)38-22-7-9-26-25(16-22)36(13-14-41-26)27(39)5-3-2-4-12-37(38)29(23)40;1-34-15-10-19-6-7-20(16-23(19)30(34)11-12-30)32-28-31-18-22-26(33-28)37-21-8-9-25-24(17-21)35(29(39)40-25)13-4-2-3-5-14-36(37)27(22)38;1-30(2)18-34(3)17-19-14-20(8-10-23(19)30)32-28-31-16-22-26(33-28)37-21-9-11-25-24(15-21)35(29(39)40-25)12-6-4-5-7-13-36(37)27(22)38/h2,4,6-9,15-17H,3,5,10-14,18-19H2,1H3,(H,32,33,34);3,5-9,16-18H,2,4,10-15H2,1H3,(H,31,32,33);5,7-11,14-16H,4,6,12-13,17-18H2,1-3H3,(H,31,32,33). The minimum atomic E-state index is -0.378. The Bertz CT molecular complexity index is 7040. The van der Waals surface area contributed by atoms with Crippen LogP contribution in [0.2, 0.25) is 0 Å². The lowest BCUT2D eigenvalue weighted by molar-refractivity contribution is -0.118. The van der Waals surface area contributed by atoms with Gasteiger partial charge < -0.3 is 44.2 Å². The number of fused-ring (bicyclic) bond motifs is 20. The van der Waals surface area contributed by atoms with Crippen molar-refractivity contribution in [1.82, 2.24) is 81.8 Å². The number of hydrogen-bond acceptors (Lipinski definition) is 21. The Balaban J connectivity index is 0.000000112. The summed E-state index contributed by atoms with van der Waals surface area (Å²) in [5.74, 6) is 1.21. The molecule has 0 unspecified atom stereocenters. The van der Waals surface area contributed by atoms with Gasteiger partial charge in [0.15, 0.2) is 28.1 Å². The van der Waals surface area contributed by atoms with Crippen molar-refractivity contribution in [3.63, 3.8) is 0 Å². The number of rotatable bonds is 6. The summed E-state index contributed by atoms with van der Waals surface area (Å²) in [6, 6.07) is 36.2. The summed E-state index contributed by atoms with van der Waals surface area (Å²) >= 11 is 0. The van der Waals surface area contributed by atoms with Crippen LogP contribution in [0, 0.1) is 0 Å². The third-order valence-corrected chi connectivity index (χ3v) is 25.6. The Hall–Kier alpha value is -13.3. The molecule has 30 heteroatoms. The summed E-state index contributed by atoms with van der Waals surface area (Å²) in [6.45, 7) is 12.8. The number of benzene rings is 6. The number of amides is 1. The fraction of sp³-hybridized carbons (Fsp3) is 0.341. The first-order chi connectivity index (χ1) is 58.8. The molecule has 0 radical (unpaired) electrons. The van der Waals surface area contributed by atoms with Crippen LogP contribution in [0.4, 0.5) is 40.6 Å². The van der Waals surface area contributed by atoms with Gasteiger partial charge in [-0.25, -0.2) is 52.6 Å². The van der Waals surface area contributed by atoms with Gasteiger partial charge in [-0.15, -0.1) is 0 Å². The van der Waals surface area contributed by atoms with Crippen LogP contribution in [0.5, 0.6) is 5.75 Å². The molecule has 2 saturated carbocycles. The van der Waals surface area contributed by atoms with Crippen molar-refractivity contribution in [3.05, 3.63) is 250 Å². The molecule has 7 aliphatic heterocycles. The lowest BCUT2D eigenvalue weighted by atomic mass is 9.78. The largest absolute Gasteiger partial charge is 0.490 e. The second-order valence-corrected chi connectivity index (χ2v) is 34.2. The second kappa shape index (κ2) is 29.3. The van der Waals surface area contributed by atoms with E-state index < -0.39 is 0 Å². The van der Waals surface area contributed by atoms with Crippen LogP contribution in [0.1, 0.15) is 111 Å². The first-order valence-electron chi connectivity index (χ1n) is 41.8. The molecule has 6 bridgehead atoms. The fourth-order valence-electron chi connectivity index (χ4n) is 19.5. The third kappa shape index (κ3) is 13.3. The molecule has 23 rings (SSSR count). The molecule has 2 aliphatic carbocycles. The van der Waals surface area contributed by atoms with Crippen LogP contribution in [0.25, 0.3) is 72.4 Å². The van der Waals surface area contributed by atoms with E-state index >= 15 is 0 Å². The zero-order valence-electron chi connectivity index (χ0n) is 68.1. The van der Waals surface area contributed by atoms with Gasteiger partial charge >= 0.3 is 11.5 Å². The summed E-state index contributed by atoms with van der Waals surface area (Å²) in [7, 11) is 6.54. The number of carbonyl (C=O) groups is 1. The third-order valence-electron chi connectivity index (χ3n) is 25.6. The monoisotopic (exact) mass is 1620 g/mol. The molecule has 2 fully saturated rings. The minimum absolute atomic E-state index is 0.0596. The topological polar surface area (TPSA) is 304 Å². The highest BCUT2D eigenvalue weighted by molar-refractivity contribution is 5.96. The molecule has 3 N–H and O–H groups in total. The minimum Gasteiger partial charge on any atom is -0.490 e. The molecule has 14 aromatic rings. The van der Waals surface area contributed by atoms with Crippen molar-refractivity contribution >= 4 is 102 Å². The van der Waals surface area contributed by atoms with E-state index in [0.717, 1.165) is 93.3 Å². The van der Waals surface area contributed by atoms with Crippen molar-refractivity contribution < 1.29 is 18.4 Å². The van der Waals surface area contributed by atoms with Gasteiger partial charge in [-0.1, -0.05) is 68.5 Å². The van der Waals surface area contributed by atoms with Crippen LogP contribution < -0.4 is 53.8 Å². The molecule has 30 nitrogen and oxygen atoms in total. The lowest BCUT2D eigenvalue weighted by Crippen LogP contribution is -2.39. The van der Waals surface area contributed by atoms with Gasteiger partial charge in [0, 0.05) is 104 Å². The molecule has 1 amide bonds. The van der Waals surface area contributed by atoms with Crippen LogP contribution in [-0.4, -0.2) is 142 Å². The molecule has 9 aliphatic rings. The number of ether oxygens (including phenoxy) is 1. The van der Waals surface area contributed by atoms with E-state index in [-0.39, 0.29) is 45.1 Å². The Labute approximate surface area is 692 Å². The molecular formula is C91H91N21O9. The summed E-state index contributed by atoms with van der Waals surface area (Å²) in [4.78, 5) is 116. The zero-order valence-corrected chi connectivity index (χ0v) is 68.1. The average Bonchev–Trinajstić information content (AvgIpc) is 1.62. The summed E-state index contributed by atoms with van der Waals surface area (Å²) in [6.07, 6.45) is 26.8. The fourth-order valence-corrected chi connectivity index (χ4v) is 19.5. The molecule has 614 valence electrons. The smallest absolute Gasteiger partial charge is 0.419 e. The highest BCUT2D eigenvalue weighted by atomic mass is 16.5. The van der Waals surface area contributed by atoms with Crippen molar-refractivity contribution in [2.45, 2.75) is 147 Å². The van der Waals surface area contributed by atoms with Crippen molar-refractivity contribution in [2.24, 2.45) is 0 Å². The van der Waals surface area contributed by atoms with E-state index in [4.69, 9.17) is 28.5 Å². The summed E-state index contributed by atoms with van der Waals surface area (Å²) < 4.78 is 30.6. The van der Waals surface area contributed by atoms with E-state index in [1.54, 1.807) is 58.8 Å². The maximum atomic E-state index is 13.6. The Kier molecular flexibility index (Phi) is 18.2. The first-order valence-corrected chi connectivity index (χ1v) is 41.8. The van der Waals surface area contributed by atoms with Gasteiger partial charge in [0.05, 0.1) is 60.0 Å². The average molecular weight is 1620 g/mol. The Morgan fingerprint density at radius 3 is 1.47 bits per heavy atom. The van der Waals surface area contributed by atoms with E-state index in [1.807, 2.05) is 93.0 Å². The van der Waals surface area contributed by atoms with Crippen LogP contribution >= 0.6 is 0 Å². The van der Waals surface area contributed by atoms with Gasteiger partial charge in [0.1, 0.15) is 28.5 Å². The molecule has 6 aromatic carbocycles. The first kappa shape index (κ1) is 75.2. The predicted octanol–water partition coefficient (Wildman–Crippen LogP) is 12.2. The summed E-state index contributed by atoms with van der Waals surface area (Å²) in [5.41, 5.74) is 17.9. The van der Waals surface area contributed by atoms with Gasteiger partial charge in [-0.05, 0) is 210 Å². The second-order valence-electron chi connectivity index (χ2n) is 34.2. The number of carbonyl (C=O) groups excluding carboxylic acids is 1. The van der Waals surface area contributed by atoms with Crippen molar-refractivity contribution in [1.29, 1.82) is 0 Å². The van der Waals surface area contributed by atoms with Gasteiger partial charge in [0.2, 0.25) is 23.8 Å². The molecule has 15 heterocycles. The SMILES string of the molecule is CN1CCc2ccc(Nc3ncc4c(=O)n5n(c4n3)-c3ccc4oc(=O)n(c4c3)CCCC=CC5)cc2C12CC2.CN1Cc2cc(Nc3ncc4c(=O)n5n(c4n3)-c3ccc4c(c3)N(CCO4)C(=O)CCC=CC5)ccc2C2(CC2)C1.CN1Cc2cc(Nc3ncc4c(=O)n5n(c4n3)-c3ccc4oc(=O)n(c4c3)CCCC=CC5)ccc2C(C)(C)C1. The highest BCUT2D eigenvalue weighted by Gasteiger charge is 2.51. The van der Waals surface area contributed by atoms with Gasteiger partial charge in [-0.3, -0.25) is 33.2 Å². The number of nitrogens with one attached hydrogen (secondary N) is 3. The number of anilines is 7. The molecule has 8 aromatic heterocycles. The number of oxazole rings is 2. The molecule has 2 spiro atoms. The quantitative estimate of drug-likeness (QED) is 0.130. The number of aryl methyl sites for hydroxylation is 2. The van der Waals surface area contributed by atoms with Crippen LogP contribution in [0.3, 0.4) is 0 Å². The molecule has 0 atom stereocenters. The number of nitrogens with zero attached hydrogens (tertiary/aromatic N) is 18. The normalized spacial score (nSPS) is 18.1. The van der Waals surface area contributed by atoms with Gasteiger partial charge in [-0.2, -0.15) is 15.0 Å². The molecular weight excluding hydrogens is 1530 g/mol. The van der Waals surface area contributed by atoms with E-state index in [2.05, 4.69) is 135 Å². The van der Waals surface area contributed by atoms with E-state index in [9.17, 15) is 28.8 Å². The maximum Gasteiger partial charge on any atom is 0.419 e. The highest BCUT2D eigenvalue weighted by Crippen LogP contribution is 2.55. The summed E-state index contributed by atoms with van der Waals surface area (Å²) in [5, 5.41) is 11.4. The molecule has 0 saturated heterocycles. The van der Waals surface area contributed by atoms with Crippen molar-refractivity contribution in [3.8, 4) is 22.8 Å². The zero-order chi connectivity index (χ0) is 82.3. The number of hydrogen-bond donors (Lipinski definition) is 3. The lowest BCUT2D eigenvalue weighted by Gasteiger charge is -2.38. The van der Waals surface area contributed by atoms with Crippen LogP contribution in [-0.2, 0) is 73.4 Å². The number of likely N-dealkylation sites (N-methyl/N-ethyl adjacent to an activating group) is 3. The Morgan fingerprint density at radius 1 is 0.446 bits per heavy atom. The van der Waals surface area contributed by atoms with E-state index in [1.165, 1.54) is 59.1 Å². The molecule has 121 heavy (non-hydrogen) atoms. The van der Waals surface area contributed by atoms with E-state index in [0.29, 0.717) is 154 Å². The van der Waals surface area contributed by atoms with Crippen LogP contribution in [0.15, 0.2) is 197 Å². The number of aromatic nitrogens is 14.